The highest BCUT2D eigenvalue weighted by molar-refractivity contribution is 9.10. The maximum atomic E-state index is 13.0. The third-order valence-electron chi connectivity index (χ3n) is 4.53. The van der Waals surface area contributed by atoms with Crippen molar-refractivity contribution < 1.29 is 23.5 Å². The van der Waals surface area contributed by atoms with E-state index in [4.69, 9.17) is 9.47 Å². The quantitative estimate of drug-likeness (QED) is 0.280. The van der Waals surface area contributed by atoms with Gasteiger partial charge in [-0.1, -0.05) is 18.2 Å². The smallest absolute Gasteiger partial charge is 0.339 e. The van der Waals surface area contributed by atoms with Gasteiger partial charge in [0.15, 0.2) is 18.1 Å². The van der Waals surface area contributed by atoms with Crippen LogP contribution >= 0.6 is 15.9 Å². The van der Waals surface area contributed by atoms with Crippen molar-refractivity contribution in [3.63, 3.8) is 0 Å². The minimum Gasteiger partial charge on any atom is -0.493 e. The van der Waals surface area contributed by atoms with Gasteiger partial charge < -0.3 is 20.1 Å². The van der Waals surface area contributed by atoms with E-state index >= 15 is 0 Å². The molecule has 0 atom stereocenters. The summed E-state index contributed by atoms with van der Waals surface area (Å²) < 4.78 is 24.5. The Balaban J connectivity index is 1.59. The lowest BCUT2D eigenvalue weighted by atomic mass is 10.2. The molecular formula is C24H22BrFN4O4. The molecule has 0 fully saturated rings. The number of halogens is 2. The molecule has 0 spiro atoms. The van der Waals surface area contributed by atoms with Crippen LogP contribution in [0.2, 0.25) is 0 Å². The number of anilines is 2. The molecule has 0 aliphatic heterocycles. The molecule has 8 nitrogen and oxygen atoms in total. The van der Waals surface area contributed by atoms with Gasteiger partial charge in [0.1, 0.15) is 5.82 Å². The number of carbonyl (C=O) groups is 2. The fourth-order valence-corrected chi connectivity index (χ4v) is 3.24. The number of ether oxygens (including phenoxy) is 2. The number of amides is 3. The number of hydrazone groups is 1. The van der Waals surface area contributed by atoms with E-state index in [2.05, 4.69) is 37.1 Å². The molecule has 34 heavy (non-hydrogen) atoms. The topological polar surface area (TPSA) is 101 Å². The van der Waals surface area contributed by atoms with Gasteiger partial charge in [-0.25, -0.2) is 14.6 Å². The fraction of sp³-hybridized carbons (Fsp3) is 0.125. The molecule has 3 N–H and O–H groups in total. The third kappa shape index (κ3) is 7.04. The first-order valence-electron chi connectivity index (χ1n) is 10.1. The van der Waals surface area contributed by atoms with E-state index in [-0.39, 0.29) is 6.61 Å². The molecule has 3 aromatic carbocycles. The van der Waals surface area contributed by atoms with Crippen LogP contribution in [0.25, 0.3) is 0 Å². The lowest BCUT2D eigenvalue weighted by Gasteiger charge is -2.13. The highest BCUT2D eigenvalue weighted by Gasteiger charge is 2.12. The Bertz CT molecular complexity index is 1200. The molecule has 3 amide bonds. The summed E-state index contributed by atoms with van der Waals surface area (Å²) in [6.45, 7) is 1.60. The largest absolute Gasteiger partial charge is 0.493 e. The molecule has 0 aromatic heterocycles. The van der Waals surface area contributed by atoms with Crippen LogP contribution in [0.5, 0.6) is 11.5 Å². The summed E-state index contributed by atoms with van der Waals surface area (Å²) in [5, 5.41) is 9.28. The standard InChI is InChI=1S/C24H22BrFN4O4/c1-15-5-3-4-6-20(15)29-24(32)30-27-13-16-11-21(33-2)22(12-19(16)25)34-14-23(31)28-18-9-7-17(26)8-10-18/h3-13H,14H2,1-2H3,(H,28,31)(H2,29,30,32). The normalized spacial score (nSPS) is 10.6. The monoisotopic (exact) mass is 528 g/mol. The van der Waals surface area contributed by atoms with Gasteiger partial charge in [0.25, 0.3) is 5.91 Å². The van der Waals surface area contributed by atoms with Gasteiger partial charge in [0.05, 0.1) is 13.3 Å². The molecule has 0 unspecified atom stereocenters. The van der Waals surface area contributed by atoms with Gasteiger partial charge >= 0.3 is 6.03 Å². The molecule has 0 saturated carbocycles. The average molecular weight is 529 g/mol. The fourth-order valence-electron chi connectivity index (χ4n) is 2.82. The van der Waals surface area contributed by atoms with Gasteiger partial charge in [0.2, 0.25) is 0 Å². The van der Waals surface area contributed by atoms with E-state index in [9.17, 15) is 14.0 Å². The van der Waals surface area contributed by atoms with Crippen molar-refractivity contribution in [2.75, 3.05) is 24.4 Å². The highest BCUT2D eigenvalue weighted by Crippen LogP contribution is 2.33. The van der Waals surface area contributed by atoms with Crippen LogP contribution in [-0.2, 0) is 4.79 Å². The number of nitrogens with zero attached hydrogens (tertiary/aromatic N) is 1. The van der Waals surface area contributed by atoms with Crippen molar-refractivity contribution in [3.05, 3.63) is 82.1 Å². The van der Waals surface area contributed by atoms with Crippen molar-refractivity contribution in [3.8, 4) is 11.5 Å². The number of benzene rings is 3. The Kier molecular flexibility index (Phi) is 8.58. The van der Waals surface area contributed by atoms with Crippen molar-refractivity contribution in [1.82, 2.24) is 5.43 Å². The zero-order valence-electron chi connectivity index (χ0n) is 18.4. The molecule has 176 valence electrons. The second-order valence-corrected chi connectivity index (χ2v) is 7.86. The molecule has 3 aromatic rings. The number of rotatable bonds is 8. The average Bonchev–Trinajstić information content (AvgIpc) is 2.82. The number of hydrogen-bond donors (Lipinski definition) is 3. The summed E-state index contributed by atoms with van der Waals surface area (Å²) in [6.07, 6.45) is 1.44. The van der Waals surface area contributed by atoms with Crippen LogP contribution in [0.15, 0.2) is 70.2 Å². The molecule has 0 aliphatic rings. The van der Waals surface area contributed by atoms with Crippen LogP contribution in [-0.4, -0.2) is 31.9 Å². The number of aryl methyl sites for hydroxylation is 1. The van der Waals surface area contributed by atoms with E-state index in [0.29, 0.717) is 32.9 Å². The summed E-state index contributed by atoms with van der Waals surface area (Å²) in [6, 6.07) is 15.6. The zero-order valence-corrected chi connectivity index (χ0v) is 20.0. The van der Waals surface area contributed by atoms with Gasteiger partial charge in [0, 0.05) is 21.4 Å². The number of hydrogen-bond acceptors (Lipinski definition) is 5. The maximum absolute atomic E-state index is 13.0. The summed E-state index contributed by atoms with van der Waals surface area (Å²) in [5.41, 5.74) is 5.07. The van der Waals surface area contributed by atoms with Gasteiger partial charge in [-0.15, -0.1) is 0 Å². The van der Waals surface area contributed by atoms with Crippen molar-refractivity contribution in [2.45, 2.75) is 6.92 Å². The van der Waals surface area contributed by atoms with E-state index in [0.717, 1.165) is 5.56 Å². The van der Waals surface area contributed by atoms with E-state index in [1.807, 2.05) is 25.1 Å². The summed E-state index contributed by atoms with van der Waals surface area (Å²) in [5.74, 6) is -0.122. The predicted octanol–water partition coefficient (Wildman–Crippen LogP) is 5.08. The van der Waals surface area contributed by atoms with Crippen LogP contribution in [0, 0.1) is 12.7 Å². The highest BCUT2D eigenvalue weighted by atomic mass is 79.9. The SMILES string of the molecule is COc1cc(C=NNC(=O)Nc2ccccc2C)c(Br)cc1OCC(=O)Nc1ccc(F)cc1. The Morgan fingerprint density at radius 2 is 1.79 bits per heavy atom. The second-order valence-electron chi connectivity index (χ2n) is 7.01. The minimum absolute atomic E-state index is 0.283. The number of methoxy groups -OCH3 is 1. The molecule has 10 heteroatoms. The third-order valence-corrected chi connectivity index (χ3v) is 5.22. The lowest BCUT2D eigenvalue weighted by Crippen LogP contribution is -2.24. The summed E-state index contributed by atoms with van der Waals surface area (Å²) in [4.78, 5) is 24.2. The van der Waals surface area contributed by atoms with Gasteiger partial charge in [-0.2, -0.15) is 5.10 Å². The Hall–Kier alpha value is -3.92. The molecule has 0 heterocycles. The lowest BCUT2D eigenvalue weighted by molar-refractivity contribution is -0.118. The summed E-state index contributed by atoms with van der Waals surface area (Å²) in [7, 11) is 1.46. The van der Waals surface area contributed by atoms with E-state index in [1.165, 1.54) is 37.6 Å². The van der Waals surface area contributed by atoms with Gasteiger partial charge in [-0.05, 0) is 70.9 Å². The van der Waals surface area contributed by atoms with E-state index in [1.54, 1.807) is 18.2 Å². The Morgan fingerprint density at radius 3 is 2.50 bits per heavy atom. The molecule has 0 radical (unpaired) electrons. The zero-order chi connectivity index (χ0) is 24.5. The summed E-state index contributed by atoms with van der Waals surface area (Å²) >= 11 is 3.42. The molecule has 3 rings (SSSR count). The first-order chi connectivity index (χ1) is 16.4. The van der Waals surface area contributed by atoms with E-state index < -0.39 is 17.8 Å². The molecular weight excluding hydrogens is 507 g/mol. The van der Waals surface area contributed by atoms with Crippen molar-refractivity contribution in [2.24, 2.45) is 5.10 Å². The second kappa shape index (κ2) is 11.8. The maximum Gasteiger partial charge on any atom is 0.339 e. The Morgan fingerprint density at radius 1 is 1.06 bits per heavy atom. The Labute approximate surface area is 204 Å². The van der Waals surface area contributed by atoms with Crippen LogP contribution in [0.1, 0.15) is 11.1 Å². The number of carbonyl (C=O) groups excluding carboxylic acids is 2. The first kappa shape index (κ1) is 24.7. The predicted molar refractivity (Wildman–Crippen MR) is 132 cm³/mol. The molecule has 0 aliphatic carbocycles. The van der Waals surface area contributed by atoms with Crippen LogP contribution < -0.4 is 25.5 Å². The molecule has 0 bridgehead atoms. The van der Waals surface area contributed by atoms with Crippen molar-refractivity contribution >= 4 is 45.5 Å². The van der Waals surface area contributed by atoms with Crippen molar-refractivity contribution in [1.29, 1.82) is 0 Å². The molecule has 0 saturated heterocycles. The number of para-hydroxylation sites is 1. The minimum atomic E-state index is -0.485. The first-order valence-corrected chi connectivity index (χ1v) is 10.9. The number of nitrogens with one attached hydrogen (secondary N) is 3. The van der Waals surface area contributed by atoms with Crippen LogP contribution in [0.3, 0.4) is 0 Å². The van der Waals surface area contributed by atoms with Gasteiger partial charge in [-0.3, -0.25) is 4.79 Å². The van der Waals surface area contributed by atoms with Crippen LogP contribution in [0.4, 0.5) is 20.6 Å². The number of urea groups is 1.